The molecule has 3 aliphatic rings. The molecule has 0 N–H and O–H groups in total. The topological polar surface area (TPSA) is 27.7 Å². The molecule has 0 aromatic heterocycles. The molecule has 2 aliphatic heterocycles. The number of hydrogen-bond donors (Lipinski definition) is 0. The van der Waals surface area contributed by atoms with Crippen molar-refractivity contribution in [2.24, 2.45) is 0 Å². The lowest BCUT2D eigenvalue weighted by atomic mass is 9.76. The zero-order valence-corrected chi connectivity index (χ0v) is 14.7. The fraction of sp³-hybridized carbons (Fsp3) is 0.684. The average molecular weight is 314 g/mol. The molecule has 2 heterocycles. The predicted octanol–water partition coefficient (Wildman–Crippen LogP) is 3.71. The van der Waals surface area contributed by atoms with Crippen LogP contribution in [0.25, 0.3) is 0 Å². The van der Waals surface area contributed by atoms with E-state index in [9.17, 15) is 0 Å². The summed E-state index contributed by atoms with van der Waals surface area (Å²) < 4.78 is 18.4. The third-order valence-electron chi connectivity index (χ3n) is 5.93. The van der Waals surface area contributed by atoms with Crippen molar-refractivity contribution in [3.63, 3.8) is 0 Å². The van der Waals surface area contributed by atoms with E-state index >= 15 is 0 Å². The molecular formula is C19H27BO3. The highest BCUT2D eigenvalue weighted by Crippen LogP contribution is 2.45. The van der Waals surface area contributed by atoms with Crippen LogP contribution in [0, 0.1) is 0 Å². The predicted molar refractivity (Wildman–Crippen MR) is 92.1 cm³/mol. The first-order valence-corrected chi connectivity index (χ1v) is 8.98. The third-order valence-corrected chi connectivity index (χ3v) is 5.93. The molecule has 124 valence electrons. The molecule has 3 nitrogen and oxygen atoms in total. The van der Waals surface area contributed by atoms with Gasteiger partial charge in [-0.2, -0.15) is 0 Å². The van der Waals surface area contributed by atoms with Gasteiger partial charge in [0, 0.05) is 6.61 Å². The number of benzene rings is 1. The van der Waals surface area contributed by atoms with Crippen molar-refractivity contribution >= 4 is 12.6 Å². The molecule has 1 saturated carbocycles. The summed E-state index contributed by atoms with van der Waals surface area (Å²) in [4.78, 5) is 0. The first-order chi connectivity index (χ1) is 10.9. The zero-order valence-electron chi connectivity index (χ0n) is 14.7. The molecule has 0 bridgehead atoms. The summed E-state index contributed by atoms with van der Waals surface area (Å²) in [7, 11) is -0.284. The fourth-order valence-corrected chi connectivity index (χ4v) is 3.59. The Balaban J connectivity index is 1.66. The third kappa shape index (κ3) is 2.75. The Kier molecular flexibility index (Phi) is 3.64. The number of hydrogen-bond acceptors (Lipinski definition) is 3. The zero-order chi connectivity index (χ0) is 16.2. The van der Waals surface area contributed by atoms with Gasteiger partial charge in [-0.1, -0.05) is 18.2 Å². The highest BCUT2D eigenvalue weighted by Gasteiger charge is 2.51. The van der Waals surface area contributed by atoms with Crippen LogP contribution in [-0.4, -0.2) is 24.9 Å². The molecule has 4 heteroatoms. The van der Waals surface area contributed by atoms with Crippen molar-refractivity contribution in [3.05, 3.63) is 29.3 Å². The lowest BCUT2D eigenvalue weighted by molar-refractivity contribution is 0.00578. The summed E-state index contributed by atoms with van der Waals surface area (Å²) in [5.74, 6) is 0.738. The van der Waals surface area contributed by atoms with Crippen LogP contribution in [0.15, 0.2) is 18.2 Å². The van der Waals surface area contributed by atoms with E-state index in [1.54, 1.807) is 0 Å². The normalized spacial score (nSPS) is 29.2. The van der Waals surface area contributed by atoms with Crippen molar-refractivity contribution in [2.75, 3.05) is 6.61 Å². The second kappa shape index (κ2) is 5.33. The number of rotatable bonds is 3. The van der Waals surface area contributed by atoms with Gasteiger partial charge in [-0.15, -0.1) is 0 Å². The molecule has 1 unspecified atom stereocenters. The van der Waals surface area contributed by atoms with Crippen LogP contribution in [0.1, 0.15) is 76.5 Å². The van der Waals surface area contributed by atoms with E-state index in [1.165, 1.54) is 24.0 Å². The Bertz CT molecular complexity index is 585. The molecule has 4 rings (SSSR count). The highest BCUT2D eigenvalue weighted by atomic mass is 16.7. The van der Waals surface area contributed by atoms with Crippen LogP contribution in [0.5, 0.6) is 0 Å². The van der Waals surface area contributed by atoms with E-state index in [4.69, 9.17) is 14.0 Å². The molecule has 1 aromatic carbocycles. The Morgan fingerprint density at radius 2 is 1.65 bits per heavy atom. The maximum absolute atomic E-state index is 6.22. The van der Waals surface area contributed by atoms with Gasteiger partial charge in [0.1, 0.15) is 0 Å². The fourth-order valence-electron chi connectivity index (χ4n) is 3.59. The monoisotopic (exact) mass is 314 g/mol. The van der Waals surface area contributed by atoms with Crippen LogP contribution in [0.4, 0.5) is 0 Å². The van der Waals surface area contributed by atoms with Crippen LogP contribution in [0.2, 0.25) is 0 Å². The number of ether oxygens (including phenoxy) is 1. The van der Waals surface area contributed by atoms with Crippen LogP contribution < -0.4 is 5.46 Å². The molecule has 23 heavy (non-hydrogen) atoms. The Hall–Kier alpha value is -0.835. The summed E-state index contributed by atoms with van der Waals surface area (Å²) in [6.07, 6.45) is 5.18. The molecule has 0 spiro atoms. The minimum atomic E-state index is -0.295. The molecule has 1 aromatic rings. The van der Waals surface area contributed by atoms with Gasteiger partial charge in [-0.05, 0) is 75.9 Å². The van der Waals surface area contributed by atoms with Gasteiger partial charge in [-0.25, -0.2) is 0 Å². The minimum Gasteiger partial charge on any atom is -0.399 e. The van der Waals surface area contributed by atoms with Gasteiger partial charge in [0.15, 0.2) is 0 Å². The van der Waals surface area contributed by atoms with Gasteiger partial charge in [0.05, 0.1) is 17.3 Å². The smallest absolute Gasteiger partial charge is 0.399 e. The summed E-state index contributed by atoms with van der Waals surface area (Å²) in [5.41, 5.74) is 3.39. The second-order valence-electron chi connectivity index (χ2n) is 8.25. The first kappa shape index (κ1) is 15.7. The molecule has 2 saturated heterocycles. The molecular weight excluding hydrogens is 287 g/mol. The van der Waals surface area contributed by atoms with Crippen molar-refractivity contribution in [2.45, 2.75) is 76.6 Å². The lowest BCUT2D eigenvalue weighted by Crippen LogP contribution is -2.41. The average Bonchev–Trinajstić information content (AvgIpc) is 3.13. The van der Waals surface area contributed by atoms with Gasteiger partial charge in [0.2, 0.25) is 0 Å². The maximum Gasteiger partial charge on any atom is 0.494 e. The molecule has 1 atom stereocenters. The lowest BCUT2D eigenvalue weighted by Gasteiger charge is -2.32. The summed E-state index contributed by atoms with van der Waals surface area (Å²) in [6, 6.07) is 6.76. The van der Waals surface area contributed by atoms with E-state index in [0.717, 1.165) is 30.8 Å². The molecule has 0 amide bonds. The molecule has 3 fully saturated rings. The Morgan fingerprint density at radius 3 is 2.22 bits per heavy atom. The first-order valence-electron chi connectivity index (χ1n) is 8.98. The van der Waals surface area contributed by atoms with Gasteiger partial charge < -0.3 is 14.0 Å². The summed E-state index contributed by atoms with van der Waals surface area (Å²) >= 11 is 0. The Morgan fingerprint density at radius 1 is 0.957 bits per heavy atom. The van der Waals surface area contributed by atoms with Crippen molar-refractivity contribution in [1.82, 2.24) is 0 Å². The van der Waals surface area contributed by atoms with Crippen LogP contribution in [0.3, 0.4) is 0 Å². The molecule has 0 radical (unpaired) electrons. The second-order valence-corrected chi connectivity index (χ2v) is 8.25. The van der Waals surface area contributed by atoms with Gasteiger partial charge in [-0.3, -0.25) is 0 Å². The molecule has 1 aliphatic carbocycles. The SMILES string of the molecule is CC1(C)OB(c2ccc(C3CC3)c(C3CCCO3)c2)OC1(C)C. The standard InChI is InChI=1S/C19H27BO3/c1-18(2)19(3,4)23-20(22-18)14-9-10-15(13-7-8-13)16(12-14)17-6-5-11-21-17/h9-10,12-13,17H,5-8,11H2,1-4H3. The van der Waals surface area contributed by atoms with Crippen LogP contribution >= 0.6 is 0 Å². The van der Waals surface area contributed by atoms with E-state index < -0.39 is 0 Å². The van der Waals surface area contributed by atoms with E-state index in [-0.39, 0.29) is 24.4 Å². The Labute approximate surface area is 139 Å². The van der Waals surface area contributed by atoms with Crippen molar-refractivity contribution in [3.8, 4) is 0 Å². The van der Waals surface area contributed by atoms with Crippen molar-refractivity contribution < 1.29 is 14.0 Å². The van der Waals surface area contributed by atoms with Gasteiger partial charge >= 0.3 is 7.12 Å². The summed E-state index contributed by atoms with van der Waals surface area (Å²) in [5, 5.41) is 0. The summed E-state index contributed by atoms with van der Waals surface area (Å²) in [6.45, 7) is 9.30. The quantitative estimate of drug-likeness (QED) is 0.796. The minimum absolute atomic E-state index is 0.257. The maximum atomic E-state index is 6.22. The largest absolute Gasteiger partial charge is 0.494 e. The van der Waals surface area contributed by atoms with E-state index in [2.05, 4.69) is 45.9 Å². The van der Waals surface area contributed by atoms with E-state index in [0.29, 0.717) is 0 Å². The highest BCUT2D eigenvalue weighted by molar-refractivity contribution is 6.62. The van der Waals surface area contributed by atoms with Crippen molar-refractivity contribution in [1.29, 1.82) is 0 Å². The van der Waals surface area contributed by atoms with E-state index in [1.807, 2.05) is 0 Å². The van der Waals surface area contributed by atoms with Gasteiger partial charge in [0.25, 0.3) is 0 Å². The van der Waals surface area contributed by atoms with Crippen LogP contribution in [-0.2, 0) is 14.0 Å².